The largest absolute Gasteiger partial charge is 0.454 e. The molecule has 6 nitrogen and oxygen atoms in total. The van der Waals surface area contributed by atoms with Crippen LogP contribution in [0.1, 0.15) is 36.7 Å². The Morgan fingerprint density at radius 2 is 2.04 bits per heavy atom. The van der Waals surface area contributed by atoms with Gasteiger partial charge in [0.05, 0.1) is 17.9 Å². The van der Waals surface area contributed by atoms with Crippen LogP contribution in [0.5, 0.6) is 11.5 Å². The number of nitrogens with zero attached hydrogens (tertiary/aromatic N) is 3. The third-order valence-corrected chi connectivity index (χ3v) is 5.39. The number of rotatable bonds is 4. The van der Waals surface area contributed by atoms with Crippen molar-refractivity contribution < 1.29 is 14.3 Å². The van der Waals surface area contributed by atoms with Crippen LogP contribution in [-0.4, -0.2) is 33.9 Å². The number of ether oxygens (including phenoxy) is 2. The van der Waals surface area contributed by atoms with Crippen LogP contribution in [0.3, 0.4) is 0 Å². The first kappa shape index (κ1) is 16.9. The second-order valence-corrected chi connectivity index (χ2v) is 7.83. The number of likely N-dealkylation sites (tertiary alicyclic amines) is 1. The summed E-state index contributed by atoms with van der Waals surface area (Å²) in [5.74, 6) is 1.86. The van der Waals surface area contributed by atoms with E-state index in [1.807, 2.05) is 29.6 Å². The van der Waals surface area contributed by atoms with E-state index in [1.165, 1.54) is 5.56 Å². The number of aryl methyl sites for hydroxylation is 2. The van der Waals surface area contributed by atoms with Crippen LogP contribution in [0, 0.1) is 12.3 Å². The zero-order chi connectivity index (χ0) is 18.3. The number of aromatic nitrogens is 2. The Hall–Kier alpha value is -2.50. The van der Waals surface area contributed by atoms with Crippen molar-refractivity contribution in [2.75, 3.05) is 13.3 Å². The van der Waals surface area contributed by atoms with E-state index in [4.69, 9.17) is 9.47 Å². The summed E-state index contributed by atoms with van der Waals surface area (Å²) in [4.78, 5) is 14.4. The van der Waals surface area contributed by atoms with E-state index in [2.05, 4.69) is 30.2 Å². The van der Waals surface area contributed by atoms with Gasteiger partial charge in [-0.1, -0.05) is 13.0 Å². The quantitative estimate of drug-likeness (QED) is 0.846. The average molecular weight is 355 g/mol. The molecule has 1 atom stereocenters. The molecule has 1 saturated heterocycles. The molecule has 0 bridgehead atoms. The molecule has 138 valence electrons. The van der Waals surface area contributed by atoms with Crippen LogP contribution >= 0.6 is 0 Å². The smallest absolute Gasteiger partial charge is 0.231 e. The molecule has 1 fully saturated rings. The van der Waals surface area contributed by atoms with Crippen molar-refractivity contribution in [1.82, 2.24) is 14.7 Å². The fourth-order valence-electron chi connectivity index (χ4n) is 4.03. The maximum absolute atomic E-state index is 12.5. The molecule has 2 aliphatic rings. The number of hydrogen-bond donors (Lipinski definition) is 0. The highest BCUT2D eigenvalue weighted by Crippen LogP contribution is 2.38. The molecule has 1 aromatic heterocycles. The van der Waals surface area contributed by atoms with Crippen molar-refractivity contribution in [2.45, 2.75) is 39.7 Å². The number of carbonyl (C=O) groups is 1. The summed E-state index contributed by atoms with van der Waals surface area (Å²) >= 11 is 0. The lowest BCUT2D eigenvalue weighted by Crippen LogP contribution is -2.45. The van der Waals surface area contributed by atoms with E-state index in [1.54, 1.807) is 0 Å². The van der Waals surface area contributed by atoms with Gasteiger partial charge in [-0.2, -0.15) is 5.10 Å². The Morgan fingerprint density at radius 3 is 2.81 bits per heavy atom. The second kappa shape index (κ2) is 6.34. The first-order chi connectivity index (χ1) is 12.4. The molecule has 0 radical (unpaired) electrons. The summed E-state index contributed by atoms with van der Waals surface area (Å²) < 4.78 is 12.8. The van der Waals surface area contributed by atoms with Crippen LogP contribution < -0.4 is 9.47 Å². The predicted molar refractivity (Wildman–Crippen MR) is 97.0 cm³/mol. The highest BCUT2D eigenvalue weighted by atomic mass is 16.7. The number of fused-ring (bicyclic) bond motifs is 1. The van der Waals surface area contributed by atoms with Crippen molar-refractivity contribution >= 4 is 5.91 Å². The van der Waals surface area contributed by atoms with Crippen molar-refractivity contribution in [1.29, 1.82) is 0 Å². The average Bonchev–Trinajstić information content (AvgIpc) is 3.17. The Kier molecular flexibility index (Phi) is 4.13. The highest BCUT2D eigenvalue weighted by molar-refractivity contribution is 5.77. The number of carbonyl (C=O) groups excluding carboxylic acids is 1. The van der Waals surface area contributed by atoms with Crippen LogP contribution in [0.4, 0.5) is 0 Å². The van der Waals surface area contributed by atoms with Gasteiger partial charge < -0.3 is 14.4 Å². The molecule has 0 aliphatic carbocycles. The molecular weight excluding hydrogens is 330 g/mol. The zero-order valence-electron chi connectivity index (χ0n) is 15.6. The van der Waals surface area contributed by atoms with Gasteiger partial charge in [-0.15, -0.1) is 0 Å². The van der Waals surface area contributed by atoms with Crippen molar-refractivity contribution in [3.05, 3.63) is 41.2 Å². The van der Waals surface area contributed by atoms with Crippen LogP contribution in [0.15, 0.2) is 24.3 Å². The van der Waals surface area contributed by atoms with E-state index in [0.717, 1.165) is 42.3 Å². The van der Waals surface area contributed by atoms with Crippen LogP contribution in [-0.2, 0) is 24.8 Å². The van der Waals surface area contributed by atoms with Gasteiger partial charge >= 0.3 is 0 Å². The minimum atomic E-state index is 0.0508. The van der Waals surface area contributed by atoms with Crippen molar-refractivity contribution in [3.63, 3.8) is 0 Å². The molecule has 3 heterocycles. The van der Waals surface area contributed by atoms with Gasteiger partial charge in [-0.05, 0) is 48.9 Å². The number of hydrogen-bond acceptors (Lipinski definition) is 4. The third kappa shape index (κ3) is 3.28. The lowest BCUT2D eigenvalue weighted by molar-refractivity contribution is -0.138. The SMILES string of the molecule is Cc1cc(CN2C[C@](C)(Cc3ccc4c(c3)OCO4)CCC2=O)n(C)n1. The molecular formula is C20H25N3O3. The molecule has 1 amide bonds. The Morgan fingerprint density at radius 1 is 1.23 bits per heavy atom. The fraction of sp³-hybridized carbons (Fsp3) is 0.500. The second-order valence-electron chi connectivity index (χ2n) is 7.83. The Bertz CT molecular complexity index is 845. The standard InChI is InChI=1S/C20H25N3O3/c1-14-8-16(22(3)21-14)11-23-12-20(2,7-6-19(23)24)10-15-4-5-17-18(9-15)26-13-25-17/h4-5,8-9H,6-7,10-13H2,1-3H3/t20-/m0/s1. The molecule has 0 N–H and O–H groups in total. The van der Waals surface area contributed by atoms with Crippen molar-refractivity contribution in [2.24, 2.45) is 12.5 Å². The van der Waals surface area contributed by atoms with E-state index in [0.29, 0.717) is 19.8 Å². The summed E-state index contributed by atoms with van der Waals surface area (Å²) in [6.45, 7) is 5.91. The van der Waals surface area contributed by atoms with Gasteiger partial charge in [0, 0.05) is 20.0 Å². The van der Waals surface area contributed by atoms with Gasteiger partial charge in [0.15, 0.2) is 11.5 Å². The van der Waals surface area contributed by atoms with Gasteiger partial charge in [0.25, 0.3) is 0 Å². The molecule has 6 heteroatoms. The van der Waals surface area contributed by atoms with Crippen LogP contribution in [0.25, 0.3) is 0 Å². The van der Waals surface area contributed by atoms with Crippen LogP contribution in [0.2, 0.25) is 0 Å². The van der Waals surface area contributed by atoms with Gasteiger partial charge in [-0.3, -0.25) is 9.48 Å². The van der Waals surface area contributed by atoms with E-state index in [-0.39, 0.29) is 11.3 Å². The minimum Gasteiger partial charge on any atom is -0.454 e. The summed E-state index contributed by atoms with van der Waals surface area (Å²) in [6.07, 6.45) is 2.41. The van der Waals surface area contributed by atoms with Gasteiger partial charge in [0.1, 0.15) is 0 Å². The number of piperidine rings is 1. The Balaban J connectivity index is 1.49. The number of benzene rings is 1. The number of amides is 1. The summed E-state index contributed by atoms with van der Waals surface area (Å²) in [5.41, 5.74) is 3.33. The van der Waals surface area contributed by atoms with Gasteiger partial charge in [-0.25, -0.2) is 0 Å². The first-order valence-electron chi connectivity index (χ1n) is 9.08. The summed E-state index contributed by atoms with van der Waals surface area (Å²) in [6, 6.07) is 8.20. The monoisotopic (exact) mass is 355 g/mol. The third-order valence-electron chi connectivity index (χ3n) is 5.39. The van der Waals surface area contributed by atoms with E-state index >= 15 is 0 Å². The van der Waals surface area contributed by atoms with Gasteiger partial charge in [0.2, 0.25) is 12.7 Å². The van der Waals surface area contributed by atoms with Crippen molar-refractivity contribution in [3.8, 4) is 11.5 Å². The lowest BCUT2D eigenvalue weighted by atomic mass is 9.76. The molecule has 0 spiro atoms. The summed E-state index contributed by atoms with van der Waals surface area (Å²) in [5, 5.41) is 4.39. The van der Waals surface area contributed by atoms with E-state index < -0.39 is 0 Å². The highest BCUT2D eigenvalue weighted by Gasteiger charge is 2.35. The molecule has 2 aromatic rings. The maximum Gasteiger partial charge on any atom is 0.231 e. The maximum atomic E-state index is 12.5. The first-order valence-corrected chi connectivity index (χ1v) is 9.08. The molecule has 0 unspecified atom stereocenters. The molecule has 4 rings (SSSR count). The lowest BCUT2D eigenvalue weighted by Gasteiger charge is -2.40. The van der Waals surface area contributed by atoms with E-state index in [9.17, 15) is 4.79 Å². The topological polar surface area (TPSA) is 56.6 Å². The molecule has 1 aromatic carbocycles. The predicted octanol–water partition coefficient (Wildman–Crippen LogP) is 2.83. The summed E-state index contributed by atoms with van der Waals surface area (Å²) in [7, 11) is 1.93. The molecule has 26 heavy (non-hydrogen) atoms. The minimum absolute atomic E-state index is 0.0508. The zero-order valence-corrected chi connectivity index (χ0v) is 15.6. The molecule has 2 aliphatic heterocycles. The fourth-order valence-corrected chi connectivity index (χ4v) is 4.03. The Labute approximate surface area is 153 Å². The molecule has 0 saturated carbocycles. The normalized spacial score (nSPS) is 22.1.